The normalized spacial score (nSPS) is 11.2. The second kappa shape index (κ2) is 12.7. The fourth-order valence-electron chi connectivity index (χ4n) is 2.54. The lowest BCUT2D eigenvalue weighted by molar-refractivity contribution is -0.130. The van der Waals surface area contributed by atoms with Gasteiger partial charge in [0.05, 0.1) is 12.7 Å². The molecule has 0 spiro atoms. The molecule has 0 aliphatic carbocycles. The zero-order valence-corrected chi connectivity index (χ0v) is 18.7. The van der Waals surface area contributed by atoms with Crippen molar-refractivity contribution in [1.82, 2.24) is 16.2 Å². The number of hydrogen-bond acceptors (Lipinski definition) is 6. The summed E-state index contributed by atoms with van der Waals surface area (Å²) in [6.45, 7) is -0.237. The minimum Gasteiger partial charge on any atom is -0.496 e. The minimum absolute atomic E-state index is 0.163. The van der Waals surface area contributed by atoms with Crippen LogP contribution in [0.5, 0.6) is 11.5 Å². The number of halogens is 1. The molecule has 31 heavy (non-hydrogen) atoms. The van der Waals surface area contributed by atoms with Gasteiger partial charge in [0.15, 0.2) is 6.61 Å². The Labute approximate surface area is 190 Å². The number of hydrogen-bond donors (Lipinski definition) is 3. The number of para-hydroxylation sites is 1. The van der Waals surface area contributed by atoms with Crippen LogP contribution in [0.2, 0.25) is 5.02 Å². The summed E-state index contributed by atoms with van der Waals surface area (Å²) in [5, 5.41) is 2.98. The monoisotopic (exact) mass is 465 g/mol. The molecule has 3 N–H and O–H groups in total. The lowest BCUT2D eigenvalue weighted by Gasteiger charge is -2.19. The van der Waals surface area contributed by atoms with E-state index in [4.69, 9.17) is 21.1 Å². The molecule has 0 radical (unpaired) electrons. The number of methoxy groups -OCH3 is 1. The summed E-state index contributed by atoms with van der Waals surface area (Å²) in [6, 6.07) is 12.6. The Bertz CT molecular complexity index is 898. The fraction of sp³-hybridized carbons (Fsp3) is 0.286. The molecule has 0 aromatic heterocycles. The maximum Gasteiger partial charge on any atom is 0.273 e. The van der Waals surface area contributed by atoms with Crippen molar-refractivity contribution in [2.24, 2.45) is 0 Å². The third-order valence-corrected chi connectivity index (χ3v) is 4.96. The summed E-state index contributed by atoms with van der Waals surface area (Å²) in [4.78, 5) is 37.2. The van der Waals surface area contributed by atoms with Crippen LogP contribution >= 0.6 is 23.4 Å². The van der Waals surface area contributed by atoms with E-state index in [1.807, 2.05) is 12.3 Å². The molecule has 2 rings (SSSR count). The molecule has 0 saturated heterocycles. The van der Waals surface area contributed by atoms with Gasteiger partial charge < -0.3 is 14.8 Å². The molecule has 0 fully saturated rings. The molecule has 0 aliphatic heterocycles. The Kier molecular flexibility index (Phi) is 9.99. The molecule has 1 unspecified atom stereocenters. The van der Waals surface area contributed by atoms with Crippen LogP contribution in [-0.2, 0) is 9.59 Å². The van der Waals surface area contributed by atoms with E-state index in [1.54, 1.807) is 36.4 Å². The van der Waals surface area contributed by atoms with Gasteiger partial charge in [0.25, 0.3) is 17.7 Å². The van der Waals surface area contributed by atoms with Crippen molar-refractivity contribution in [3.05, 3.63) is 59.1 Å². The van der Waals surface area contributed by atoms with Gasteiger partial charge in [-0.1, -0.05) is 29.8 Å². The van der Waals surface area contributed by atoms with Gasteiger partial charge >= 0.3 is 0 Å². The number of carbonyl (C=O) groups is 3. The fourth-order valence-corrected chi connectivity index (χ4v) is 3.18. The van der Waals surface area contributed by atoms with Gasteiger partial charge in [0, 0.05) is 5.02 Å². The lowest BCUT2D eigenvalue weighted by atomic mass is 10.2. The van der Waals surface area contributed by atoms with E-state index in [1.165, 1.54) is 24.9 Å². The largest absolute Gasteiger partial charge is 0.496 e. The van der Waals surface area contributed by atoms with Crippen LogP contribution < -0.4 is 25.6 Å². The van der Waals surface area contributed by atoms with Crippen molar-refractivity contribution in [2.75, 3.05) is 25.7 Å². The number of ether oxygens (including phenoxy) is 2. The Hall–Kier alpha value is -2.91. The van der Waals surface area contributed by atoms with E-state index in [2.05, 4.69) is 16.2 Å². The summed E-state index contributed by atoms with van der Waals surface area (Å²) in [7, 11) is 1.42. The Morgan fingerprint density at radius 3 is 2.52 bits per heavy atom. The topological polar surface area (TPSA) is 106 Å². The van der Waals surface area contributed by atoms with Gasteiger partial charge in [-0.3, -0.25) is 25.2 Å². The Morgan fingerprint density at radius 2 is 1.84 bits per heavy atom. The van der Waals surface area contributed by atoms with Gasteiger partial charge in [-0.25, -0.2) is 0 Å². The van der Waals surface area contributed by atoms with Crippen LogP contribution in [0, 0.1) is 0 Å². The number of carbonyl (C=O) groups excluding carboxylic acids is 3. The number of nitrogens with one attached hydrogen (secondary N) is 3. The smallest absolute Gasteiger partial charge is 0.273 e. The molecule has 8 nitrogen and oxygen atoms in total. The lowest BCUT2D eigenvalue weighted by Crippen LogP contribution is -2.53. The highest BCUT2D eigenvalue weighted by Crippen LogP contribution is 2.22. The highest BCUT2D eigenvalue weighted by molar-refractivity contribution is 7.98. The van der Waals surface area contributed by atoms with Crippen molar-refractivity contribution in [3.8, 4) is 11.5 Å². The van der Waals surface area contributed by atoms with E-state index in [-0.39, 0.29) is 12.2 Å². The van der Waals surface area contributed by atoms with Crippen LogP contribution in [0.4, 0.5) is 0 Å². The van der Waals surface area contributed by atoms with E-state index >= 15 is 0 Å². The molecule has 0 aliphatic rings. The predicted molar refractivity (Wildman–Crippen MR) is 120 cm³/mol. The average molecular weight is 466 g/mol. The van der Waals surface area contributed by atoms with Gasteiger partial charge in [-0.05, 0) is 48.8 Å². The summed E-state index contributed by atoms with van der Waals surface area (Å²) in [5.74, 6) is -0.125. The van der Waals surface area contributed by atoms with Gasteiger partial charge in [-0.2, -0.15) is 11.8 Å². The third kappa shape index (κ3) is 8.03. The standard InChI is InChI=1S/C21H24ClN3O5S/c1-29-18-9-8-14(22)12-16(18)20(27)24-25-21(28)17(10-11-31-2)23-19(26)13-30-15-6-4-3-5-7-15/h3-9,12,17H,10-11,13H2,1-2H3,(H,23,26)(H,24,27)(H,25,28). The molecular formula is C21H24ClN3O5S. The maximum absolute atomic E-state index is 12.6. The third-order valence-electron chi connectivity index (χ3n) is 4.08. The maximum atomic E-state index is 12.6. The van der Waals surface area contributed by atoms with Crippen LogP contribution in [-0.4, -0.2) is 49.5 Å². The summed E-state index contributed by atoms with van der Waals surface area (Å²) < 4.78 is 10.5. The van der Waals surface area contributed by atoms with E-state index < -0.39 is 23.8 Å². The highest BCUT2D eigenvalue weighted by Gasteiger charge is 2.22. The highest BCUT2D eigenvalue weighted by atomic mass is 35.5. The molecular weight excluding hydrogens is 442 g/mol. The van der Waals surface area contributed by atoms with E-state index in [0.717, 1.165) is 0 Å². The second-order valence-electron chi connectivity index (χ2n) is 6.29. The average Bonchev–Trinajstić information content (AvgIpc) is 2.79. The second-order valence-corrected chi connectivity index (χ2v) is 7.71. The first-order chi connectivity index (χ1) is 14.9. The molecule has 0 bridgehead atoms. The zero-order valence-electron chi connectivity index (χ0n) is 17.1. The van der Waals surface area contributed by atoms with Crippen molar-refractivity contribution < 1.29 is 23.9 Å². The number of thioether (sulfide) groups is 1. The summed E-state index contributed by atoms with van der Waals surface area (Å²) in [6.07, 6.45) is 2.27. The van der Waals surface area contributed by atoms with Gasteiger partial charge in [0.1, 0.15) is 17.5 Å². The first-order valence-corrected chi connectivity index (χ1v) is 11.1. The molecule has 10 heteroatoms. The molecule has 166 valence electrons. The summed E-state index contributed by atoms with van der Waals surface area (Å²) >= 11 is 7.47. The van der Waals surface area contributed by atoms with Crippen LogP contribution in [0.25, 0.3) is 0 Å². The van der Waals surface area contributed by atoms with Crippen LogP contribution in [0.3, 0.4) is 0 Å². The molecule has 0 heterocycles. The van der Waals surface area contributed by atoms with Crippen molar-refractivity contribution in [3.63, 3.8) is 0 Å². The van der Waals surface area contributed by atoms with Gasteiger partial charge in [-0.15, -0.1) is 0 Å². The molecule has 1 atom stereocenters. The Morgan fingerprint density at radius 1 is 1.10 bits per heavy atom. The quantitative estimate of drug-likeness (QED) is 0.465. The first kappa shape index (κ1) is 24.4. The van der Waals surface area contributed by atoms with Crippen molar-refractivity contribution in [1.29, 1.82) is 0 Å². The zero-order chi connectivity index (χ0) is 22.6. The molecule has 2 aromatic rings. The van der Waals surface area contributed by atoms with E-state index in [0.29, 0.717) is 28.7 Å². The van der Waals surface area contributed by atoms with Crippen LogP contribution in [0.15, 0.2) is 48.5 Å². The molecule has 3 amide bonds. The van der Waals surface area contributed by atoms with Crippen molar-refractivity contribution >= 4 is 41.1 Å². The van der Waals surface area contributed by atoms with Gasteiger partial charge in [0.2, 0.25) is 0 Å². The number of benzene rings is 2. The van der Waals surface area contributed by atoms with E-state index in [9.17, 15) is 14.4 Å². The number of amides is 3. The van der Waals surface area contributed by atoms with Crippen molar-refractivity contribution in [2.45, 2.75) is 12.5 Å². The minimum atomic E-state index is -0.846. The molecule has 2 aromatic carbocycles. The number of rotatable bonds is 10. The SMILES string of the molecule is COc1ccc(Cl)cc1C(=O)NNC(=O)C(CCSC)NC(=O)COc1ccccc1. The number of hydrazine groups is 1. The van der Waals surface area contributed by atoms with Crippen LogP contribution in [0.1, 0.15) is 16.8 Å². The molecule has 0 saturated carbocycles. The first-order valence-electron chi connectivity index (χ1n) is 9.34. The summed E-state index contributed by atoms with van der Waals surface area (Å²) in [5.41, 5.74) is 4.82. The predicted octanol–water partition coefficient (Wildman–Crippen LogP) is 2.43. The Balaban J connectivity index is 1.93.